The van der Waals surface area contributed by atoms with E-state index in [1.165, 1.54) is 0 Å². The maximum absolute atomic E-state index is 5.69. The summed E-state index contributed by atoms with van der Waals surface area (Å²) in [4.78, 5) is 15.2. The van der Waals surface area contributed by atoms with Crippen molar-refractivity contribution in [3.8, 4) is 0 Å². The highest BCUT2D eigenvalue weighted by Gasteiger charge is 2.07. The highest BCUT2D eigenvalue weighted by atomic mass is 15.2. The number of imidazole rings is 2. The fourth-order valence-electron chi connectivity index (χ4n) is 1.37. The Bertz CT molecular complexity index is 577. The zero-order valence-electron chi connectivity index (χ0n) is 6.60. The standard InChI is InChI=1S/C7H6N6/c8-5-4-6(11-3-10-4)13-2-1-9-7(13)12-5/h1-3H,(H,10,11)(H2,8,9,12). The van der Waals surface area contributed by atoms with Crippen LogP contribution in [0.3, 0.4) is 0 Å². The number of aromatic amines is 1. The normalized spacial score (nSPS) is 11.4. The molecule has 3 heterocycles. The number of hydrogen-bond acceptors (Lipinski definition) is 4. The molecule has 0 saturated heterocycles. The van der Waals surface area contributed by atoms with Gasteiger partial charge in [0.15, 0.2) is 11.5 Å². The fraction of sp³-hybridized carbons (Fsp3) is 0. The van der Waals surface area contributed by atoms with Gasteiger partial charge in [-0.3, -0.25) is 4.40 Å². The van der Waals surface area contributed by atoms with E-state index in [1.807, 2.05) is 0 Å². The Morgan fingerprint density at radius 1 is 1.38 bits per heavy atom. The third-order valence-corrected chi connectivity index (χ3v) is 1.95. The molecular weight excluding hydrogens is 168 g/mol. The molecule has 0 spiro atoms. The first-order valence-corrected chi connectivity index (χ1v) is 3.78. The van der Waals surface area contributed by atoms with Crippen LogP contribution in [0.15, 0.2) is 18.7 Å². The molecule has 3 N–H and O–H groups in total. The van der Waals surface area contributed by atoms with Gasteiger partial charge in [0.25, 0.3) is 0 Å². The van der Waals surface area contributed by atoms with Gasteiger partial charge in [0.2, 0.25) is 5.78 Å². The van der Waals surface area contributed by atoms with Crippen LogP contribution in [0.5, 0.6) is 0 Å². The maximum Gasteiger partial charge on any atom is 0.237 e. The molecule has 3 rings (SSSR count). The van der Waals surface area contributed by atoms with E-state index in [0.29, 0.717) is 11.6 Å². The monoisotopic (exact) mass is 174 g/mol. The molecule has 0 aliphatic rings. The first-order chi connectivity index (χ1) is 6.36. The molecule has 0 fully saturated rings. The molecule has 0 atom stereocenters. The zero-order chi connectivity index (χ0) is 8.84. The van der Waals surface area contributed by atoms with Gasteiger partial charge in [-0.1, -0.05) is 0 Å². The summed E-state index contributed by atoms with van der Waals surface area (Å²) < 4.78 is 1.78. The Kier molecular flexibility index (Phi) is 0.974. The van der Waals surface area contributed by atoms with Gasteiger partial charge in [-0.25, -0.2) is 9.97 Å². The fourth-order valence-corrected chi connectivity index (χ4v) is 1.37. The Morgan fingerprint density at radius 2 is 2.31 bits per heavy atom. The summed E-state index contributed by atoms with van der Waals surface area (Å²) >= 11 is 0. The summed E-state index contributed by atoms with van der Waals surface area (Å²) in [5, 5.41) is 0. The average molecular weight is 174 g/mol. The van der Waals surface area contributed by atoms with E-state index in [0.717, 1.165) is 11.2 Å². The second-order valence-electron chi connectivity index (χ2n) is 2.70. The minimum absolute atomic E-state index is 0.422. The van der Waals surface area contributed by atoms with Crippen LogP contribution in [0.2, 0.25) is 0 Å². The number of nitrogens with zero attached hydrogens (tertiary/aromatic N) is 4. The van der Waals surface area contributed by atoms with Crippen LogP contribution in [0.25, 0.3) is 16.9 Å². The number of nitrogens with two attached hydrogens (primary N) is 1. The quantitative estimate of drug-likeness (QED) is 0.509. The van der Waals surface area contributed by atoms with Crippen molar-refractivity contribution in [2.45, 2.75) is 0 Å². The number of rotatable bonds is 0. The smallest absolute Gasteiger partial charge is 0.237 e. The molecule has 0 unspecified atom stereocenters. The summed E-state index contributed by atoms with van der Waals surface area (Å²) in [6.45, 7) is 0. The van der Waals surface area contributed by atoms with Crippen LogP contribution in [-0.2, 0) is 0 Å². The van der Waals surface area contributed by atoms with Crippen molar-refractivity contribution in [3.05, 3.63) is 18.7 Å². The zero-order valence-corrected chi connectivity index (χ0v) is 6.60. The molecule has 64 valence electrons. The largest absolute Gasteiger partial charge is 0.382 e. The van der Waals surface area contributed by atoms with Crippen molar-refractivity contribution in [2.75, 3.05) is 5.73 Å². The third kappa shape index (κ3) is 0.689. The van der Waals surface area contributed by atoms with Crippen LogP contribution < -0.4 is 5.73 Å². The number of anilines is 1. The van der Waals surface area contributed by atoms with Crippen LogP contribution in [-0.4, -0.2) is 24.3 Å². The van der Waals surface area contributed by atoms with Crippen molar-refractivity contribution in [1.82, 2.24) is 24.3 Å². The molecule has 0 aromatic carbocycles. The average Bonchev–Trinajstić information content (AvgIpc) is 2.66. The Morgan fingerprint density at radius 3 is 3.23 bits per heavy atom. The van der Waals surface area contributed by atoms with E-state index in [4.69, 9.17) is 5.73 Å². The second kappa shape index (κ2) is 1.98. The van der Waals surface area contributed by atoms with Gasteiger partial charge in [0.1, 0.15) is 5.52 Å². The molecule has 0 bridgehead atoms. The highest BCUT2D eigenvalue weighted by Crippen LogP contribution is 2.15. The van der Waals surface area contributed by atoms with Crippen LogP contribution in [0.4, 0.5) is 5.82 Å². The van der Waals surface area contributed by atoms with Gasteiger partial charge in [0, 0.05) is 12.4 Å². The van der Waals surface area contributed by atoms with E-state index in [1.54, 1.807) is 23.1 Å². The highest BCUT2D eigenvalue weighted by molar-refractivity contribution is 5.83. The lowest BCUT2D eigenvalue weighted by Crippen LogP contribution is -1.97. The Hall–Kier alpha value is -2.11. The molecule has 3 aromatic heterocycles. The molecular formula is C7H6N6. The first kappa shape index (κ1) is 6.41. The van der Waals surface area contributed by atoms with Crippen molar-refractivity contribution in [2.24, 2.45) is 0 Å². The molecule has 13 heavy (non-hydrogen) atoms. The third-order valence-electron chi connectivity index (χ3n) is 1.95. The molecule has 6 heteroatoms. The van der Waals surface area contributed by atoms with Crippen LogP contribution in [0, 0.1) is 0 Å². The SMILES string of the molecule is Nc1nc2nccn2c2nc[nH]c12. The topological polar surface area (TPSA) is 84.9 Å². The van der Waals surface area contributed by atoms with Gasteiger partial charge in [-0.2, -0.15) is 4.98 Å². The van der Waals surface area contributed by atoms with E-state index in [-0.39, 0.29) is 0 Å². The predicted molar refractivity (Wildman–Crippen MR) is 47.1 cm³/mol. The maximum atomic E-state index is 5.69. The number of nitrogens with one attached hydrogen (secondary N) is 1. The van der Waals surface area contributed by atoms with Crippen molar-refractivity contribution in [3.63, 3.8) is 0 Å². The molecule has 3 aromatic rings. The summed E-state index contributed by atoms with van der Waals surface area (Å²) in [6, 6.07) is 0. The molecule has 6 nitrogen and oxygen atoms in total. The minimum Gasteiger partial charge on any atom is -0.382 e. The van der Waals surface area contributed by atoms with Crippen LogP contribution >= 0.6 is 0 Å². The summed E-state index contributed by atoms with van der Waals surface area (Å²) in [5.41, 5.74) is 7.18. The lowest BCUT2D eigenvalue weighted by molar-refractivity contribution is 1.15. The second-order valence-corrected chi connectivity index (χ2v) is 2.70. The van der Waals surface area contributed by atoms with Gasteiger partial charge in [-0.15, -0.1) is 0 Å². The van der Waals surface area contributed by atoms with Gasteiger partial charge < -0.3 is 10.7 Å². The number of fused-ring (bicyclic) bond motifs is 3. The van der Waals surface area contributed by atoms with E-state index >= 15 is 0 Å². The van der Waals surface area contributed by atoms with Crippen molar-refractivity contribution >= 4 is 22.8 Å². The van der Waals surface area contributed by atoms with E-state index in [9.17, 15) is 0 Å². The predicted octanol–water partition coefficient (Wildman–Crippen LogP) is 0.188. The number of nitrogen functional groups attached to an aromatic ring is 1. The molecule has 0 aliphatic carbocycles. The number of hydrogen-bond donors (Lipinski definition) is 2. The Labute approximate surface area is 72.4 Å². The summed E-state index contributed by atoms with van der Waals surface area (Å²) in [5.74, 6) is 0.989. The van der Waals surface area contributed by atoms with Gasteiger partial charge >= 0.3 is 0 Å². The van der Waals surface area contributed by atoms with Crippen molar-refractivity contribution in [1.29, 1.82) is 0 Å². The lowest BCUT2D eigenvalue weighted by atomic mass is 10.5. The summed E-state index contributed by atoms with van der Waals surface area (Å²) in [6.07, 6.45) is 5.04. The minimum atomic E-state index is 0.422. The molecule has 0 aliphatic heterocycles. The lowest BCUT2D eigenvalue weighted by Gasteiger charge is -1.96. The van der Waals surface area contributed by atoms with Crippen molar-refractivity contribution < 1.29 is 0 Å². The van der Waals surface area contributed by atoms with Gasteiger partial charge in [0.05, 0.1) is 6.33 Å². The summed E-state index contributed by atoms with van der Waals surface area (Å²) in [7, 11) is 0. The number of aromatic nitrogens is 5. The Balaban J connectivity index is 2.70. The van der Waals surface area contributed by atoms with E-state index in [2.05, 4.69) is 19.9 Å². The van der Waals surface area contributed by atoms with E-state index < -0.39 is 0 Å². The first-order valence-electron chi connectivity index (χ1n) is 3.78. The van der Waals surface area contributed by atoms with Gasteiger partial charge in [-0.05, 0) is 0 Å². The molecule has 0 saturated carbocycles. The molecule has 0 radical (unpaired) electrons. The molecule has 0 amide bonds. The van der Waals surface area contributed by atoms with Crippen LogP contribution in [0.1, 0.15) is 0 Å². The number of H-pyrrole nitrogens is 1.